The van der Waals surface area contributed by atoms with Crippen LogP contribution in [0.3, 0.4) is 0 Å². The molecule has 0 spiro atoms. The van der Waals surface area contributed by atoms with E-state index in [2.05, 4.69) is 19.2 Å². The summed E-state index contributed by atoms with van der Waals surface area (Å²) in [6.45, 7) is 12.0. The molecule has 1 aromatic rings. The Kier molecular flexibility index (Phi) is 17.0. The third-order valence-electron chi connectivity index (χ3n) is 4.17. The van der Waals surface area contributed by atoms with Crippen molar-refractivity contribution in [2.75, 3.05) is 72.6 Å². The van der Waals surface area contributed by atoms with Crippen molar-refractivity contribution in [2.45, 2.75) is 26.7 Å². The number of para-hydroxylation sites is 1. The fraction of sp³-hybridized carbons (Fsp3) is 0.727. The molecular formula is C22H39NO5. The molecule has 6 nitrogen and oxygen atoms in total. The van der Waals surface area contributed by atoms with Crippen molar-refractivity contribution in [3.05, 3.63) is 30.3 Å². The molecule has 0 aromatic heterocycles. The largest absolute Gasteiger partial charge is 0.494 e. The van der Waals surface area contributed by atoms with E-state index in [1.54, 1.807) is 0 Å². The van der Waals surface area contributed by atoms with Gasteiger partial charge in [0.2, 0.25) is 0 Å². The van der Waals surface area contributed by atoms with E-state index in [1.165, 1.54) is 6.42 Å². The van der Waals surface area contributed by atoms with Crippen molar-refractivity contribution in [2.24, 2.45) is 5.92 Å². The Balaban J connectivity index is 1.69. The predicted molar refractivity (Wildman–Crippen MR) is 112 cm³/mol. The molecule has 0 aliphatic heterocycles. The molecule has 1 unspecified atom stereocenters. The topological polar surface area (TPSA) is 58.2 Å². The second-order valence-electron chi connectivity index (χ2n) is 6.68. The molecule has 0 radical (unpaired) electrons. The van der Waals surface area contributed by atoms with Gasteiger partial charge in [-0.25, -0.2) is 0 Å². The van der Waals surface area contributed by atoms with Crippen LogP contribution in [0.1, 0.15) is 26.7 Å². The highest BCUT2D eigenvalue weighted by molar-refractivity contribution is 5.20. The Morgan fingerprint density at radius 3 is 1.93 bits per heavy atom. The lowest BCUT2D eigenvalue weighted by atomic mass is 10.1. The summed E-state index contributed by atoms with van der Waals surface area (Å²) in [6.07, 6.45) is 2.07. The molecule has 0 aliphatic carbocycles. The summed E-state index contributed by atoms with van der Waals surface area (Å²) in [4.78, 5) is 0. The number of benzene rings is 1. The van der Waals surface area contributed by atoms with Crippen molar-refractivity contribution in [3.8, 4) is 5.75 Å². The molecule has 0 saturated heterocycles. The summed E-state index contributed by atoms with van der Waals surface area (Å²) in [5.41, 5.74) is 0. The third-order valence-corrected chi connectivity index (χ3v) is 4.17. The molecule has 0 saturated carbocycles. The quantitative estimate of drug-likeness (QED) is 0.341. The standard InChI is InChI=1S/C22H39NO5/c1-3-21(2)20-23-10-13-25-15-17-27-19-18-26-16-14-24-11-7-12-28-22-8-5-4-6-9-22/h4-6,8-9,21,23H,3,7,10-20H2,1-2H3. The van der Waals surface area contributed by atoms with Crippen molar-refractivity contribution in [3.63, 3.8) is 0 Å². The van der Waals surface area contributed by atoms with Crippen LogP contribution in [0.15, 0.2) is 30.3 Å². The molecule has 1 aromatic carbocycles. The minimum absolute atomic E-state index is 0.580. The van der Waals surface area contributed by atoms with Crippen LogP contribution in [0.5, 0.6) is 5.75 Å². The highest BCUT2D eigenvalue weighted by atomic mass is 16.6. The van der Waals surface area contributed by atoms with E-state index in [0.717, 1.165) is 37.8 Å². The number of rotatable bonds is 20. The molecule has 0 bridgehead atoms. The van der Waals surface area contributed by atoms with Gasteiger partial charge in [-0.2, -0.15) is 0 Å². The van der Waals surface area contributed by atoms with Crippen LogP contribution in [-0.2, 0) is 18.9 Å². The van der Waals surface area contributed by atoms with Gasteiger partial charge in [-0.05, 0) is 24.6 Å². The van der Waals surface area contributed by atoms with Crippen LogP contribution < -0.4 is 10.1 Å². The highest BCUT2D eigenvalue weighted by Gasteiger charge is 1.97. The number of ether oxygens (including phenoxy) is 5. The van der Waals surface area contributed by atoms with E-state index < -0.39 is 0 Å². The van der Waals surface area contributed by atoms with Gasteiger partial charge in [0, 0.05) is 19.6 Å². The molecule has 0 heterocycles. The third kappa shape index (κ3) is 15.8. The molecule has 1 atom stereocenters. The molecule has 162 valence electrons. The monoisotopic (exact) mass is 397 g/mol. The van der Waals surface area contributed by atoms with Crippen LogP contribution in [0, 0.1) is 5.92 Å². The van der Waals surface area contributed by atoms with Crippen LogP contribution >= 0.6 is 0 Å². The minimum atomic E-state index is 0.580. The van der Waals surface area contributed by atoms with Gasteiger partial charge in [0.1, 0.15) is 5.75 Å². The Morgan fingerprint density at radius 2 is 1.32 bits per heavy atom. The van der Waals surface area contributed by atoms with Crippen molar-refractivity contribution in [1.29, 1.82) is 0 Å². The maximum atomic E-state index is 5.60. The van der Waals surface area contributed by atoms with Crippen LogP contribution in [0.4, 0.5) is 0 Å². The van der Waals surface area contributed by atoms with Gasteiger partial charge < -0.3 is 29.0 Å². The average molecular weight is 398 g/mol. The summed E-state index contributed by atoms with van der Waals surface area (Å²) >= 11 is 0. The second kappa shape index (κ2) is 19.2. The smallest absolute Gasteiger partial charge is 0.119 e. The molecule has 0 aliphatic rings. The molecular weight excluding hydrogens is 358 g/mol. The maximum Gasteiger partial charge on any atom is 0.119 e. The van der Waals surface area contributed by atoms with Gasteiger partial charge in [0.15, 0.2) is 0 Å². The normalized spacial score (nSPS) is 12.2. The summed E-state index contributed by atoms with van der Waals surface area (Å²) in [5.74, 6) is 1.62. The maximum absolute atomic E-state index is 5.60. The molecule has 0 fully saturated rings. The van der Waals surface area contributed by atoms with Gasteiger partial charge in [0.25, 0.3) is 0 Å². The summed E-state index contributed by atoms with van der Waals surface area (Å²) in [6, 6.07) is 9.81. The van der Waals surface area contributed by atoms with Crippen LogP contribution in [-0.4, -0.2) is 72.6 Å². The first-order valence-electron chi connectivity index (χ1n) is 10.5. The summed E-state index contributed by atoms with van der Waals surface area (Å²) in [7, 11) is 0. The molecule has 1 rings (SSSR count). The zero-order valence-corrected chi connectivity index (χ0v) is 17.7. The van der Waals surface area contributed by atoms with E-state index in [1.807, 2.05) is 30.3 Å². The zero-order valence-electron chi connectivity index (χ0n) is 17.7. The minimum Gasteiger partial charge on any atom is -0.494 e. The van der Waals surface area contributed by atoms with Crippen molar-refractivity contribution < 1.29 is 23.7 Å². The molecule has 6 heteroatoms. The van der Waals surface area contributed by atoms with Gasteiger partial charge in [-0.15, -0.1) is 0 Å². The fourth-order valence-electron chi connectivity index (χ4n) is 2.27. The number of hydrogen-bond donors (Lipinski definition) is 1. The van der Waals surface area contributed by atoms with E-state index >= 15 is 0 Å². The Bertz CT molecular complexity index is 432. The highest BCUT2D eigenvalue weighted by Crippen LogP contribution is 2.08. The van der Waals surface area contributed by atoms with Crippen LogP contribution in [0.2, 0.25) is 0 Å². The second-order valence-corrected chi connectivity index (χ2v) is 6.68. The lowest BCUT2D eigenvalue weighted by Gasteiger charge is -2.10. The Hall–Kier alpha value is -1.18. The zero-order chi connectivity index (χ0) is 20.1. The predicted octanol–water partition coefficient (Wildman–Crippen LogP) is 3.16. The fourth-order valence-corrected chi connectivity index (χ4v) is 2.27. The molecule has 1 N–H and O–H groups in total. The lowest BCUT2D eigenvalue weighted by Crippen LogP contribution is -2.25. The number of hydrogen-bond acceptors (Lipinski definition) is 6. The van der Waals surface area contributed by atoms with E-state index in [9.17, 15) is 0 Å². The Morgan fingerprint density at radius 1 is 0.750 bits per heavy atom. The Labute approximate surface area is 170 Å². The van der Waals surface area contributed by atoms with E-state index in [-0.39, 0.29) is 0 Å². The summed E-state index contributed by atoms with van der Waals surface area (Å²) < 4.78 is 27.6. The van der Waals surface area contributed by atoms with Crippen LogP contribution in [0.25, 0.3) is 0 Å². The van der Waals surface area contributed by atoms with Crippen molar-refractivity contribution >= 4 is 0 Å². The van der Waals surface area contributed by atoms with Crippen molar-refractivity contribution in [1.82, 2.24) is 5.32 Å². The lowest BCUT2D eigenvalue weighted by molar-refractivity contribution is -0.00241. The first-order chi connectivity index (χ1) is 13.8. The number of nitrogens with one attached hydrogen (secondary N) is 1. The molecule has 0 amide bonds. The van der Waals surface area contributed by atoms with E-state index in [0.29, 0.717) is 52.9 Å². The van der Waals surface area contributed by atoms with E-state index in [4.69, 9.17) is 23.7 Å². The first kappa shape index (κ1) is 24.9. The average Bonchev–Trinajstić information content (AvgIpc) is 2.73. The van der Waals surface area contributed by atoms with Gasteiger partial charge in [-0.3, -0.25) is 0 Å². The SMILES string of the molecule is CCC(C)CNCCOCCOCCOCCOCCCOc1ccccc1. The van der Waals surface area contributed by atoms with Gasteiger partial charge in [0.05, 0.1) is 52.9 Å². The van der Waals surface area contributed by atoms with Gasteiger partial charge in [-0.1, -0.05) is 38.5 Å². The van der Waals surface area contributed by atoms with Gasteiger partial charge >= 0.3 is 0 Å². The molecule has 28 heavy (non-hydrogen) atoms. The first-order valence-corrected chi connectivity index (χ1v) is 10.5. The summed E-state index contributed by atoms with van der Waals surface area (Å²) in [5, 5.41) is 3.39.